The number of fused-ring (bicyclic) bond motifs is 1. The molecule has 0 saturated carbocycles. The van der Waals surface area contributed by atoms with Gasteiger partial charge in [-0.2, -0.15) is 0 Å². The van der Waals surface area contributed by atoms with Crippen molar-refractivity contribution in [2.45, 2.75) is 39.2 Å². The SMILES string of the molecule is Cc1ccc(C)c(OC2CCN(C(=O)Cc3cccc4cccnc34)CC2)c1. The Morgan fingerprint density at radius 2 is 1.89 bits per heavy atom. The Morgan fingerprint density at radius 1 is 1.11 bits per heavy atom. The van der Waals surface area contributed by atoms with E-state index < -0.39 is 0 Å². The second-order valence-electron chi connectivity index (χ2n) is 7.64. The highest BCUT2D eigenvalue weighted by Crippen LogP contribution is 2.24. The van der Waals surface area contributed by atoms with E-state index in [1.54, 1.807) is 6.20 Å². The summed E-state index contributed by atoms with van der Waals surface area (Å²) in [5.74, 6) is 1.13. The fourth-order valence-electron chi connectivity index (χ4n) is 3.82. The number of amides is 1. The van der Waals surface area contributed by atoms with Gasteiger partial charge in [0.2, 0.25) is 5.91 Å². The van der Waals surface area contributed by atoms with E-state index in [2.05, 4.69) is 37.0 Å². The molecule has 0 atom stereocenters. The third kappa shape index (κ3) is 4.01. The zero-order valence-electron chi connectivity index (χ0n) is 16.5. The van der Waals surface area contributed by atoms with Crippen molar-refractivity contribution < 1.29 is 9.53 Å². The molecule has 0 N–H and O–H groups in total. The maximum absolute atomic E-state index is 12.8. The number of likely N-dealkylation sites (tertiary alicyclic amines) is 1. The lowest BCUT2D eigenvalue weighted by Crippen LogP contribution is -2.42. The van der Waals surface area contributed by atoms with E-state index in [1.165, 1.54) is 5.56 Å². The van der Waals surface area contributed by atoms with Crippen LogP contribution >= 0.6 is 0 Å². The van der Waals surface area contributed by atoms with E-state index >= 15 is 0 Å². The predicted octanol–water partition coefficient (Wildman–Crippen LogP) is 4.46. The Balaban J connectivity index is 1.37. The van der Waals surface area contributed by atoms with Crippen LogP contribution in [0.3, 0.4) is 0 Å². The van der Waals surface area contributed by atoms with Gasteiger partial charge in [-0.05, 0) is 42.7 Å². The number of piperidine rings is 1. The highest BCUT2D eigenvalue weighted by molar-refractivity contribution is 5.87. The topological polar surface area (TPSA) is 42.4 Å². The Hall–Kier alpha value is -2.88. The zero-order valence-corrected chi connectivity index (χ0v) is 16.5. The molecule has 0 unspecified atom stereocenters. The predicted molar refractivity (Wildman–Crippen MR) is 112 cm³/mol. The number of aromatic nitrogens is 1. The number of ether oxygens (including phenoxy) is 1. The molecule has 0 spiro atoms. The lowest BCUT2D eigenvalue weighted by Gasteiger charge is -2.32. The standard InChI is InChI=1S/C24H26N2O2/c1-17-8-9-18(2)22(15-17)28-21-10-13-26(14-11-21)23(27)16-20-6-3-5-19-7-4-12-25-24(19)20/h3-9,12,15,21H,10-11,13-14,16H2,1-2H3. The van der Waals surface area contributed by atoms with Crippen LogP contribution in [0.2, 0.25) is 0 Å². The molecular formula is C24H26N2O2. The molecule has 4 heteroatoms. The first-order chi connectivity index (χ1) is 13.6. The van der Waals surface area contributed by atoms with Crippen molar-refractivity contribution >= 4 is 16.8 Å². The minimum atomic E-state index is 0.170. The van der Waals surface area contributed by atoms with Crippen molar-refractivity contribution in [2.24, 2.45) is 0 Å². The van der Waals surface area contributed by atoms with E-state index in [0.29, 0.717) is 6.42 Å². The number of nitrogens with zero attached hydrogens (tertiary/aromatic N) is 2. The molecule has 1 aliphatic rings. The number of carbonyl (C=O) groups excluding carboxylic acids is 1. The van der Waals surface area contributed by atoms with E-state index in [0.717, 1.165) is 53.7 Å². The summed E-state index contributed by atoms with van der Waals surface area (Å²) in [4.78, 5) is 19.3. The number of para-hydroxylation sites is 1. The molecule has 0 bridgehead atoms. The van der Waals surface area contributed by atoms with Gasteiger partial charge in [0, 0.05) is 37.5 Å². The van der Waals surface area contributed by atoms with Crippen LogP contribution in [0.25, 0.3) is 10.9 Å². The van der Waals surface area contributed by atoms with Crippen molar-refractivity contribution in [1.29, 1.82) is 0 Å². The average molecular weight is 374 g/mol. The Bertz CT molecular complexity index is 986. The second kappa shape index (κ2) is 8.01. The number of hydrogen-bond acceptors (Lipinski definition) is 3. The lowest BCUT2D eigenvalue weighted by molar-refractivity contribution is -0.132. The number of carbonyl (C=O) groups is 1. The van der Waals surface area contributed by atoms with Gasteiger partial charge in [-0.15, -0.1) is 0 Å². The first-order valence-electron chi connectivity index (χ1n) is 9.94. The molecule has 3 aromatic rings. The molecular weight excluding hydrogens is 348 g/mol. The first kappa shape index (κ1) is 18.5. The zero-order chi connectivity index (χ0) is 19.5. The number of pyridine rings is 1. The maximum atomic E-state index is 12.8. The van der Waals surface area contributed by atoms with Crippen LogP contribution in [-0.4, -0.2) is 35.0 Å². The highest BCUT2D eigenvalue weighted by Gasteiger charge is 2.24. The molecule has 4 rings (SSSR count). The minimum absolute atomic E-state index is 0.170. The lowest BCUT2D eigenvalue weighted by atomic mass is 10.0. The Morgan fingerprint density at radius 3 is 2.71 bits per heavy atom. The molecule has 0 aliphatic carbocycles. The van der Waals surface area contributed by atoms with Gasteiger partial charge in [0.25, 0.3) is 0 Å². The monoisotopic (exact) mass is 374 g/mol. The summed E-state index contributed by atoms with van der Waals surface area (Å²) in [5.41, 5.74) is 4.29. The molecule has 1 fully saturated rings. The first-order valence-corrected chi connectivity index (χ1v) is 9.94. The van der Waals surface area contributed by atoms with Crippen molar-refractivity contribution in [3.8, 4) is 5.75 Å². The van der Waals surface area contributed by atoms with E-state index in [4.69, 9.17) is 4.74 Å². The van der Waals surface area contributed by atoms with Gasteiger partial charge in [0.15, 0.2) is 0 Å². The highest BCUT2D eigenvalue weighted by atomic mass is 16.5. The molecule has 1 amide bonds. The van der Waals surface area contributed by atoms with Gasteiger partial charge >= 0.3 is 0 Å². The van der Waals surface area contributed by atoms with Crippen LogP contribution in [0, 0.1) is 13.8 Å². The molecule has 144 valence electrons. The van der Waals surface area contributed by atoms with Crippen LogP contribution < -0.4 is 4.74 Å². The molecule has 4 nitrogen and oxygen atoms in total. The van der Waals surface area contributed by atoms with Crippen molar-refractivity contribution in [3.63, 3.8) is 0 Å². The fourth-order valence-corrected chi connectivity index (χ4v) is 3.82. The quantitative estimate of drug-likeness (QED) is 0.677. The van der Waals surface area contributed by atoms with Crippen molar-refractivity contribution in [2.75, 3.05) is 13.1 Å². The smallest absolute Gasteiger partial charge is 0.227 e. The summed E-state index contributed by atoms with van der Waals surface area (Å²) in [6, 6.07) is 16.3. The van der Waals surface area contributed by atoms with Gasteiger partial charge < -0.3 is 9.64 Å². The van der Waals surface area contributed by atoms with Crippen LogP contribution in [0.1, 0.15) is 29.5 Å². The van der Waals surface area contributed by atoms with E-state index in [1.807, 2.05) is 35.2 Å². The molecule has 2 heterocycles. The molecule has 0 radical (unpaired) electrons. The molecule has 1 saturated heterocycles. The number of benzene rings is 2. The number of aryl methyl sites for hydroxylation is 2. The molecule has 1 aromatic heterocycles. The van der Waals surface area contributed by atoms with Gasteiger partial charge in [-0.3, -0.25) is 9.78 Å². The Labute approximate surface area is 166 Å². The van der Waals surface area contributed by atoms with Crippen LogP contribution in [-0.2, 0) is 11.2 Å². The van der Waals surface area contributed by atoms with E-state index in [9.17, 15) is 4.79 Å². The van der Waals surface area contributed by atoms with Crippen molar-refractivity contribution in [1.82, 2.24) is 9.88 Å². The van der Waals surface area contributed by atoms with Crippen molar-refractivity contribution in [3.05, 3.63) is 71.4 Å². The molecule has 1 aliphatic heterocycles. The van der Waals surface area contributed by atoms with Crippen LogP contribution in [0.15, 0.2) is 54.7 Å². The summed E-state index contributed by atoms with van der Waals surface area (Å²) in [6.45, 7) is 5.64. The third-order valence-corrected chi connectivity index (χ3v) is 5.49. The third-order valence-electron chi connectivity index (χ3n) is 5.49. The summed E-state index contributed by atoms with van der Waals surface area (Å²) >= 11 is 0. The minimum Gasteiger partial charge on any atom is -0.490 e. The largest absolute Gasteiger partial charge is 0.490 e. The Kier molecular flexibility index (Phi) is 5.29. The van der Waals surface area contributed by atoms with Gasteiger partial charge in [0.05, 0.1) is 11.9 Å². The van der Waals surface area contributed by atoms with Gasteiger partial charge in [-0.25, -0.2) is 0 Å². The second-order valence-corrected chi connectivity index (χ2v) is 7.64. The van der Waals surface area contributed by atoms with Gasteiger partial charge in [0.1, 0.15) is 11.9 Å². The maximum Gasteiger partial charge on any atom is 0.227 e. The van der Waals surface area contributed by atoms with Crippen LogP contribution in [0.4, 0.5) is 0 Å². The fraction of sp³-hybridized carbons (Fsp3) is 0.333. The number of hydrogen-bond donors (Lipinski definition) is 0. The number of rotatable bonds is 4. The van der Waals surface area contributed by atoms with Crippen LogP contribution in [0.5, 0.6) is 5.75 Å². The summed E-state index contributed by atoms with van der Waals surface area (Å²) in [5, 5.41) is 1.08. The molecule has 28 heavy (non-hydrogen) atoms. The average Bonchev–Trinajstić information content (AvgIpc) is 2.71. The van der Waals surface area contributed by atoms with E-state index in [-0.39, 0.29) is 12.0 Å². The summed E-state index contributed by atoms with van der Waals surface area (Å²) < 4.78 is 6.22. The summed E-state index contributed by atoms with van der Waals surface area (Å²) in [6.07, 6.45) is 4.09. The normalized spacial score (nSPS) is 15.0. The summed E-state index contributed by atoms with van der Waals surface area (Å²) in [7, 11) is 0. The molecule has 2 aromatic carbocycles. The van der Waals surface area contributed by atoms with Gasteiger partial charge in [-0.1, -0.05) is 36.4 Å².